The predicted octanol–water partition coefficient (Wildman–Crippen LogP) is 5.62. The van der Waals surface area contributed by atoms with Crippen molar-refractivity contribution in [1.82, 2.24) is 10.2 Å². The summed E-state index contributed by atoms with van der Waals surface area (Å²) in [6, 6.07) is 16.8. The Kier molecular flexibility index (Phi) is 8.22. The van der Waals surface area contributed by atoms with Gasteiger partial charge in [-0.3, -0.25) is 14.5 Å². The molecule has 0 spiro atoms. The standard InChI is InChI=1S/C29H24FN3O6S2/c1-37-19-11-8-16(9-12-19)25(34)23-24(17-10-13-21(38-2)22(14-17)39-3)33(27(36)26(23)35)28-31-32-29(41-28)40-15-18-6-4-5-7-20(18)30/h4-14,24,34H,15H2,1-3H3/b25-23-. The monoisotopic (exact) mass is 593 g/mol. The van der Waals surface area contributed by atoms with Gasteiger partial charge in [0, 0.05) is 11.3 Å². The lowest BCUT2D eigenvalue weighted by molar-refractivity contribution is -0.132. The molecule has 0 bridgehead atoms. The summed E-state index contributed by atoms with van der Waals surface area (Å²) in [5, 5.41) is 19.9. The van der Waals surface area contributed by atoms with Crippen molar-refractivity contribution in [2.24, 2.45) is 0 Å². The molecule has 1 N–H and O–H groups in total. The normalized spacial score (nSPS) is 16.2. The predicted molar refractivity (Wildman–Crippen MR) is 153 cm³/mol. The van der Waals surface area contributed by atoms with Crippen molar-refractivity contribution >= 4 is 45.7 Å². The zero-order valence-electron chi connectivity index (χ0n) is 22.2. The van der Waals surface area contributed by atoms with Gasteiger partial charge < -0.3 is 19.3 Å². The highest BCUT2D eigenvalue weighted by molar-refractivity contribution is 8.00. The highest BCUT2D eigenvalue weighted by atomic mass is 32.2. The number of amides is 1. The molecule has 0 aliphatic carbocycles. The summed E-state index contributed by atoms with van der Waals surface area (Å²) in [5.74, 6) is -0.751. The summed E-state index contributed by atoms with van der Waals surface area (Å²) >= 11 is 2.34. The average molecular weight is 594 g/mol. The first-order valence-corrected chi connectivity index (χ1v) is 14.0. The van der Waals surface area contributed by atoms with Crippen LogP contribution in [0.5, 0.6) is 17.2 Å². The Hall–Kier alpha value is -4.42. The second-order valence-electron chi connectivity index (χ2n) is 8.74. The number of aliphatic hydroxyl groups is 1. The second-order valence-corrected chi connectivity index (χ2v) is 10.9. The van der Waals surface area contributed by atoms with Crippen molar-refractivity contribution in [2.75, 3.05) is 26.2 Å². The lowest BCUT2D eigenvalue weighted by Gasteiger charge is -2.23. The fraction of sp³-hybridized carbons (Fsp3) is 0.172. The number of nitrogens with zero attached hydrogens (tertiary/aromatic N) is 3. The third-order valence-electron chi connectivity index (χ3n) is 6.44. The summed E-state index contributed by atoms with van der Waals surface area (Å²) < 4.78 is 30.6. The number of benzene rings is 3. The maximum atomic E-state index is 14.1. The molecule has 1 fully saturated rings. The zero-order chi connectivity index (χ0) is 29.1. The molecule has 0 saturated carbocycles. The fourth-order valence-electron chi connectivity index (χ4n) is 4.39. The Morgan fingerprint density at radius 1 is 0.976 bits per heavy atom. The van der Waals surface area contributed by atoms with Crippen molar-refractivity contribution < 1.29 is 33.3 Å². The van der Waals surface area contributed by atoms with Crippen LogP contribution in [0.4, 0.5) is 9.52 Å². The first-order valence-electron chi connectivity index (χ1n) is 12.2. The van der Waals surface area contributed by atoms with Gasteiger partial charge in [0.1, 0.15) is 17.3 Å². The molecule has 1 saturated heterocycles. The molecule has 9 nitrogen and oxygen atoms in total. The van der Waals surface area contributed by atoms with E-state index in [1.807, 2.05) is 0 Å². The lowest BCUT2D eigenvalue weighted by atomic mass is 9.95. The number of anilines is 1. The van der Waals surface area contributed by atoms with Gasteiger partial charge in [0.15, 0.2) is 15.8 Å². The van der Waals surface area contributed by atoms with E-state index in [-0.39, 0.29) is 22.3 Å². The molecule has 3 aromatic carbocycles. The lowest BCUT2D eigenvalue weighted by Crippen LogP contribution is -2.29. The third-order valence-corrected chi connectivity index (χ3v) is 8.55. The molecule has 1 aromatic heterocycles. The molecule has 210 valence electrons. The molecule has 5 rings (SSSR count). The summed E-state index contributed by atoms with van der Waals surface area (Å²) in [6.07, 6.45) is 0. The van der Waals surface area contributed by atoms with E-state index in [1.54, 1.807) is 60.7 Å². The van der Waals surface area contributed by atoms with E-state index in [9.17, 15) is 19.1 Å². The van der Waals surface area contributed by atoms with Crippen LogP contribution in [0.3, 0.4) is 0 Å². The Morgan fingerprint density at radius 3 is 2.39 bits per heavy atom. The van der Waals surface area contributed by atoms with E-state index >= 15 is 0 Å². The molecule has 1 aliphatic heterocycles. The molecule has 1 amide bonds. The van der Waals surface area contributed by atoms with Crippen molar-refractivity contribution in [2.45, 2.75) is 16.1 Å². The van der Waals surface area contributed by atoms with Gasteiger partial charge in [0.05, 0.1) is 32.9 Å². The van der Waals surface area contributed by atoms with Gasteiger partial charge in [-0.05, 0) is 53.6 Å². The van der Waals surface area contributed by atoms with E-state index in [4.69, 9.17) is 14.2 Å². The quantitative estimate of drug-likeness (QED) is 0.0869. The molecule has 2 heterocycles. The van der Waals surface area contributed by atoms with Crippen LogP contribution >= 0.6 is 23.1 Å². The zero-order valence-corrected chi connectivity index (χ0v) is 23.8. The number of aliphatic hydroxyl groups excluding tert-OH is 1. The number of carbonyl (C=O) groups excluding carboxylic acids is 2. The highest BCUT2D eigenvalue weighted by Gasteiger charge is 2.48. The largest absolute Gasteiger partial charge is 0.507 e. The smallest absolute Gasteiger partial charge is 0.301 e. The van der Waals surface area contributed by atoms with Crippen LogP contribution < -0.4 is 19.1 Å². The number of rotatable bonds is 9. The number of methoxy groups -OCH3 is 3. The molecule has 12 heteroatoms. The van der Waals surface area contributed by atoms with E-state index in [0.29, 0.717) is 44.0 Å². The molecule has 4 aromatic rings. The van der Waals surface area contributed by atoms with Gasteiger partial charge in [-0.2, -0.15) is 0 Å². The van der Waals surface area contributed by atoms with E-state index in [2.05, 4.69) is 10.2 Å². The first kappa shape index (κ1) is 28.1. The molecular formula is C29H24FN3O6S2. The van der Waals surface area contributed by atoms with Crippen molar-refractivity contribution in [1.29, 1.82) is 0 Å². The highest BCUT2D eigenvalue weighted by Crippen LogP contribution is 2.45. The summed E-state index contributed by atoms with van der Waals surface area (Å²) in [4.78, 5) is 28.2. The van der Waals surface area contributed by atoms with Crippen LogP contribution in [-0.2, 0) is 15.3 Å². The van der Waals surface area contributed by atoms with E-state index < -0.39 is 17.7 Å². The summed E-state index contributed by atoms with van der Waals surface area (Å²) in [6.45, 7) is 0. The van der Waals surface area contributed by atoms with Crippen LogP contribution in [0.1, 0.15) is 22.7 Å². The number of aromatic nitrogens is 2. The average Bonchev–Trinajstić information content (AvgIpc) is 3.57. The van der Waals surface area contributed by atoms with Crippen LogP contribution in [0.2, 0.25) is 0 Å². The number of thioether (sulfide) groups is 1. The van der Waals surface area contributed by atoms with Gasteiger partial charge >= 0.3 is 5.91 Å². The number of carbonyl (C=O) groups is 2. The number of hydrogen-bond donors (Lipinski definition) is 1. The molecule has 1 atom stereocenters. The first-order chi connectivity index (χ1) is 19.9. The van der Waals surface area contributed by atoms with Crippen LogP contribution in [0.15, 0.2) is 76.6 Å². The number of halogens is 1. The SMILES string of the molecule is COc1ccc(/C(O)=C2/C(=O)C(=O)N(c3nnc(SCc4ccccc4F)s3)C2c2ccc(OC)c(OC)c2)cc1. The van der Waals surface area contributed by atoms with Gasteiger partial charge in [-0.25, -0.2) is 4.39 Å². The van der Waals surface area contributed by atoms with Crippen LogP contribution in [-0.4, -0.2) is 48.3 Å². The second kappa shape index (κ2) is 12.0. The third kappa shape index (κ3) is 5.48. The van der Waals surface area contributed by atoms with E-state index in [0.717, 1.165) is 11.3 Å². The van der Waals surface area contributed by atoms with Crippen molar-refractivity contribution in [3.63, 3.8) is 0 Å². The Morgan fingerprint density at radius 2 is 1.71 bits per heavy atom. The van der Waals surface area contributed by atoms with Gasteiger partial charge in [-0.1, -0.05) is 47.4 Å². The van der Waals surface area contributed by atoms with Gasteiger partial charge in [0.2, 0.25) is 5.13 Å². The maximum Gasteiger partial charge on any atom is 0.301 e. The molecule has 41 heavy (non-hydrogen) atoms. The number of hydrogen-bond acceptors (Lipinski definition) is 10. The van der Waals surface area contributed by atoms with Crippen LogP contribution in [0, 0.1) is 5.82 Å². The number of ketones is 1. The minimum atomic E-state index is -1.05. The minimum Gasteiger partial charge on any atom is -0.507 e. The Bertz CT molecular complexity index is 1640. The van der Waals surface area contributed by atoms with Crippen molar-refractivity contribution in [3.8, 4) is 17.2 Å². The van der Waals surface area contributed by atoms with Crippen LogP contribution in [0.25, 0.3) is 5.76 Å². The van der Waals surface area contributed by atoms with E-state index in [1.165, 1.54) is 44.1 Å². The molecule has 1 unspecified atom stereocenters. The minimum absolute atomic E-state index is 0.122. The topological polar surface area (TPSA) is 111 Å². The summed E-state index contributed by atoms with van der Waals surface area (Å²) in [7, 11) is 4.48. The number of ether oxygens (including phenoxy) is 3. The Balaban J connectivity index is 1.58. The Labute approximate surface area is 243 Å². The molecule has 1 aliphatic rings. The van der Waals surface area contributed by atoms with Gasteiger partial charge in [0.25, 0.3) is 5.78 Å². The van der Waals surface area contributed by atoms with Crippen molar-refractivity contribution in [3.05, 3.63) is 94.8 Å². The molecule has 0 radical (unpaired) electrons. The maximum absolute atomic E-state index is 14.1. The summed E-state index contributed by atoms with van der Waals surface area (Å²) in [5.41, 5.74) is 1.18. The molecular weight excluding hydrogens is 569 g/mol. The fourth-order valence-corrected chi connectivity index (χ4v) is 6.24. The number of Topliss-reactive ketones (excluding diaryl/α,β-unsaturated/α-hetero) is 1. The van der Waals surface area contributed by atoms with Gasteiger partial charge in [-0.15, -0.1) is 10.2 Å².